The highest BCUT2D eigenvalue weighted by molar-refractivity contribution is 6.31. The molecule has 1 aliphatic rings. The number of hydrogen-bond acceptors (Lipinski definition) is 2. The summed E-state index contributed by atoms with van der Waals surface area (Å²) < 4.78 is 16.0. The van der Waals surface area contributed by atoms with Gasteiger partial charge in [-0.15, -0.1) is 0 Å². The molecule has 1 N–H and O–H groups in total. The van der Waals surface area contributed by atoms with Crippen molar-refractivity contribution in [3.05, 3.63) is 88.1 Å². The van der Waals surface area contributed by atoms with E-state index in [0.717, 1.165) is 16.3 Å². The van der Waals surface area contributed by atoms with Gasteiger partial charge in [-0.3, -0.25) is 4.79 Å². The first-order valence-electron chi connectivity index (χ1n) is 8.93. The van der Waals surface area contributed by atoms with Gasteiger partial charge in [0, 0.05) is 16.4 Å². The van der Waals surface area contributed by atoms with Crippen molar-refractivity contribution in [3.63, 3.8) is 0 Å². The average Bonchev–Trinajstić information content (AvgIpc) is 3.12. The van der Waals surface area contributed by atoms with Crippen LogP contribution >= 0.6 is 11.6 Å². The average molecular weight is 410 g/mol. The van der Waals surface area contributed by atoms with Crippen LogP contribution in [0.4, 0.5) is 14.9 Å². The molecular weight excluding hydrogens is 393 g/mol. The summed E-state index contributed by atoms with van der Waals surface area (Å²) in [5.41, 5.74) is 3.29. The number of nitrogens with one attached hydrogen (secondary N) is 1. The molecule has 3 amide bonds. The van der Waals surface area contributed by atoms with E-state index in [-0.39, 0.29) is 11.5 Å². The zero-order chi connectivity index (χ0) is 20.7. The van der Waals surface area contributed by atoms with Crippen molar-refractivity contribution in [2.45, 2.75) is 13.8 Å². The molecule has 0 atom stereocenters. The van der Waals surface area contributed by atoms with Gasteiger partial charge in [0.1, 0.15) is 11.5 Å². The minimum atomic E-state index is -0.536. The number of imide groups is 1. The van der Waals surface area contributed by atoms with Crippen molar-refractivity contribution in [3.8, 4) is 5.69 Å². The molecule has 0 aliphatic carbocycles. The van der Waals surface area contributed by atoms with Gasteiger partial charge in [0.25, 0.3) is 5.91 Å². The highest BCUT2D eigenvalue weighted by Crippen LogP contribution is 2.27. The van der Waals surface area contributed by atoms with E-state index in [2.05, 4.69) is 5.32 Å². The SMILES string of the molecule is Cc1cc(/C=C2/NC(=O)N(c3ccc(Cl)cc3)C2=O)c(C)n1-c1ccccc1F. The molecule has 1 aliphatic heterocycles. The van der Waals surface area contributed by atoms with Crippen LogP contribution < -0.4 is 10.2 Å². The second kappa shape index (κ2) is 7.22. The van der Waals surface area contributed by atoms with Crippen LogP contribution in [0.5, 0.6) is 0 Å². The number of para-hydroxylation sites is 1. The number of benzene rings is 2. The molecule has 3 aromatic rings. The number of carbonyl (C=O) groups excluding carboxylic acids is 2. The lowest BCUT2D eigenvalue weighted by Gasteiger charge is -2.11. The first-order valence-corrected chi connectivity index (χ1v) is 9.31. The summed E-state index contributed by atoms with van der Waals surface area (Å²) in [6, 6.07) is 14.2. The quantitative estimate of drug-likeness (QED) is 0.489. The molecule has 2 aromatic carbocycles. The number of anilines is 1. The molecule has 0 bridgehead atoms. The molecule has 0 spiro atoms. The molecule has 1 aromatic heterocycles. The molecule has 4 rings (SSSR count). The molecule has 146 valence electrons. The van der Waals surface area contributed by atoms with Gasteiger partial charge in [-0.05, 0) is 68.0 Å². The third-order valence-corrected chi connectivity index (χ3v) is 5.08. The van der Waals surface area contributed by atoms with Gasteiger partial charge < -0.3 is 9.88 Å². The van der Waals surface area contributed by atoms with Gasteiger partial charge in [0.2, 0.25) is 0 Å². The Balaban J connectivity index is 1.71. The maximum absolute atomic E-state index is 14.3. The van der Waals surface area contributed by atoms with Crippen LogP contribution in [0.1, 0.15) is 17.0 Å². The maximum atomic E-state index is 14.3. The normalized spacial score (nSPS) is 15.3. The van der Waals surface area contributed by atoms with Gasteiger partial charge in [-0.2, -0.15) is 0 Å². The van der Waals surface area contributed by atoms with Crippen LogP contribution in [0.15, 0.2) is 60.3 Å². The second-order valence-corrected chi connectivity index (χ2v) is 7.15. The molecular formula is C22H17ClFN3O2. The molecule has 1 fully saturated rings. The summed E-state index contributed by atoms with van der Waals surface area (Å²) in [5.74, 6) is -0.805. The van der Waals surface area contributed by atoms with Crippen LogP contribution in [0.3, 0.4) is 0 Å². The fourth-order valence-corrected chi connectivity index (χ4v) is 3.58. The Labute approximate surface area is 172 Å². The predicted octanol–water partition coefficient (Wildman–Crippen LogP) is 4.98. The van der Waals surface area contributed by atoms with Gasteiger partial charge in [-0.1, -0.05) is 23.7 Å². The second-order valence-electron chi connectivity index (χ2n) is 6.72. The zero-order valence-electron chi connectivity index (χ0n) is 15.7. The van der Waals surface area contributed by atoms with Crippen LogP contribution in [0.25, 0.3) is 11.8 Å². The Morgan fingerprint density at radius 2 is 1.72 bits per heavy atom. The van der Waals surface area contributed by atoms with E-state index in [9.17, 15) is 14.0 Å². The molecule has 5 nitrogen and oxygen atoms in total. The van der Waals surface area contributed by atoms with Gasteiger partial charge >= 0.3 is 6.03 Å². The van der Waals surface area contributed by atoms with Crippen molar-refractivity contribution in [1.29, 1.82) is 0 Å². The largest absolute Gasteiger partial charge is 0.333 e. The summed E-state index contributed by atoms with van der Waals surface area (Å²) >= 11 is 5.88. The molecule has 29 heavy (non-hydrogen) atoms. The van der Waals surface area contributed by atoms with E-state index in [1.165, 1.54) is 6.07 Å². The summed E-state index contributed by atoms with van der Waals surface area (Å²) in [6.45, 7) is 3.69. The lowest BCUT2D eigenvalue weighted by molar-refractivity contribution is -0.113. The van der Waals surface area contributed by atoms with Crippen LogP contribution in [0.2, 0.25) is 5.02 Å². The number of carbonyl (C=O) groups is 2. The minimum Gasteiger partial charge on any atom is -0.315 e. The van der Waals surface area contributed by atoms with E-state index in [1.807, 2.05) is 19.9 Å². The number of halogens is 2. The van der Waals surface area contributed by atoms with Crippen molar-refractivity contribution < 1.29 is 14.0 Å². The zero-order valence-corrected chi connectivity index (χ0v) is 16.5. The van der Waals surface area contributed by atoms with Gasteiger partial charge in [-0.25, -0.2) is 14.1 Å². The fraction of sp³-hybridized carbons (Fsp3) is 0.0909. The molecule has 2 heterocycles. The number of aryl methyl sites for hydroxylation is 1. The van der Waals surface area contributed by atoms with Gasteiger partial charge in [0.15, 0.2) is 0 Å². The maximum Gasteiger partial charge on any atom is 0.333 e. The Hall–Kier alpha value is -3.38. The fourth-order valence-electron chi connectivity index (χ4n) is 3.45. The third-order valence-electron chi connectivity index (χ3n) is 4.83. The van der Waals surface area contributed by atoms with Crippen molar-refractivity contribution in [2.24, 2.45) is 0 Å². The highest BCUT2D eigenvalue weighted by Gasteiger charge is 2.35. The number of aromatic nitrogens is 1. The number of hydrogen-bond donors (Lipinski definition) is 1. The lowest BCUT2D eigenvalue weighted by Crippen LogP contribution is -2.30. The summed E-state index contributed by atoms with van der Waals surface area (Å²) in [7, 11) is 0. The Morgan fingerprint density at radius 1 is 1.03 bits per heavy atom. The molecule has 0 unspecified atom stereocenters. The summed E-state index contributed by atoms with van der Waals surface area (Å²) in [6.07, 6.45) is 1.61. The lowest BCUT2D eigenvalue weighted by atomic mass is 10.2. The molecule has 0 radical (unpaired) electrons. The van der Waals surface area contributed by atoms with Crippen LogP contribution in [-0.2, 0) is 4.79 Å². The smallest absolute Gasteiger partial charge is 0.315 e. The Bertz CT molecular complexity index is 1170. The number of urea groups is 1. The van der Waals surface area contributed by atoms with Crippen molar-refractivity contribution in [1.82, 2.24) is 9.88 Å². The van der Waals surface area contributed by atoms with Crippen molar-refractivity contribution in [2.75, 3.05) is 4.90 Å². The Kier molecular flexibility index (Phi) is 4.72. The van der Waals surface area contributed by atoms with Crippen molar-refractivity contribution >= 4 is 35.3 Å². The van der Waals surface area contributed by atoms with Crippen LogP contribution in [-0.4, -0.2) is 16.5 Å². The molecule has 1 saturated heterocycles. The standard InChI is InChI=1S/C22H17ClFN3O2/c1-13-11-15(14(2)26(13)20-6-4-3-5-18(20)24)12-19-21(28)27(22(29)25-19)17-9-7-16(23)8-10-17/h3-12H,1-2H3,(H,25,29)/b19-12+. The van der Waals surface area contributed by atoms with E-state index in [0.29, 0.717) is 22.0 Å². The minimum absolute atomic E-state index is 0.152. The molecule has 7 heteroatoms. The number of amides is 3. The first-order chi connectivity index (χ1) is 13.9. The van der Waals surface area contributed by atoms with E-state index < -0.39 is 11.9 Å². The highest BCUT2D eigenvalue weighted by atomic mass is 35.5. The first kappa shape index (κ1) is 19.0. The summed E-state index contributed by atoms with van der Waals surface area (Å²) in [4.78, 5) is 26.2. The summed E-state index contributed by atoms with van der Waals surface area (Å²) in [5, 5.41) is 3.12. The number of rotatable bonds is 3. The number of nitrogens with zero attached hydrogens (tertiary/aromatic N) is 2. The Morgan fingerprint density at radius 3 is 2.41 bits per heavy atom. The third kappa shape index (κ3) is 3.32. The van der Waals surface area contributed by atoms with Gasteiger partial charge in [0.05, 0.1) is 11.4 Å². The van der Waals surface area contributed by atoms with E-state index in [1.54, 1.807) is 53.1 Å². The van der Waals surface area contributed by atoms with E-state index >= 15 is 0 Å². The van der Waals surface area contributed by atoms with Crippen LogP contribution in [0, 0.1) is 19.7 Å². The topological polar surface area (TPSA) is 54.3 Å². The van der Waals surface area contributed by atoms with E-state index in [4.69, 9.17) is 11.6 Å². The predicted molar refractivity (Wildman–Crippen MR) is 111 cm³/mol. The monoisotopic (exact) mass is 409 g/mol. The molecule has 0 saturated carbocycles.